The number of rotatable bonds is 3. The van der Waals surface area contributed by atoms with Crippen molar-refractivity contribution in [2.24, 2.45) is 0 Å². The van der Waals surface area contributed by atoms with Crippen LogP contribution in [0.1, 0.15) is 31.2 Å². The maximum absolute atomic E-state index is 6.39. The van der Waals surface area contributed by atoms with Gasteiger partial charge in [0.05, 0.1) is 5.41 Å². The molecule has 1 aliphatic carbocycles. The van der Waals surface area contributed by atoms with Gasteiger partial charge >= 0.3 is 0 Å². The fraction of sp³-hybridized carbons (Fsp3) is 0.333. The molecule has 0 aromatic heterocycles. The SMILES string of the molecule is Clc1ccc(C2(C3=COC=C(C4=CC=CCC4)O3)CCNCC2)cc1. The summed E-state index contributed by atoms with van der Waals surface area (Å²) in [6.07, 6.45) is 13.8. The summed E-state index contributed by atoms with van der Waals surface area (Å²) in [7, 11) is 0. The third kappa shape index (κ3) is 3.26. The Labute approximate surface area is 153 Å². The minimum Gasteiger partial charge on any atom is -0.465 e. The van der Waals surface area contributed by atoms with Gasteiger partial charge in [-0.3, -0.25) is 0 Å². The van der Waals surface area contributed by atoms with Crippen molar-refractivity contribution < 1.29 is 9.47 Å². The Morgan fingerprint density at radius 2 is 1.84 bits per heavy atom. The van der Waals surface area contributed by atoms with E-state index < -0.39 is 0 Å². The molecule has 1 fully saturated rings. The lowest BCUT2D eigenvalue weighted by Crippen LogP contribution is -2.42. The van der Waals surface area contributed by atoms with Crippen LogP contribution in [0.3, 0.4) is 0 Å². The van der Waals surface area contributed by atoms with Gasteiger partial charge in [-0.05, 0) is 62.0 Å². The highest BCUT2D eigenvalue weighted by molar-refractivity contribution is 6.30. The minimum absolute atomic E-state index is 0.180. The minimum atomic E-state index is -0.180. The summed E-state index contributed by atoms with van der Waals surface area (Å²) in [5.74, 6) is 1.72. The van der Waals surface area contributed by atoms with Gasteiger partial charge in [0, 0.05) is 5.02 Å². The van der Waals surface area contributed by atoms with Gasteiger partial charge < -0.3 is 14.8 Å². The summed E-state index contributed by atoms with van der Waals surface area (Å²) in [6, 6.07) is 8.13. The molecule has 0 unspecified atom stereocenters. The molecule has 4 heteroatoms. The first kappa shape index (κ1) is 16.5. The monoisotopic (exact) mass is 355 g/mol. The van der Waals surface area contributed by atoms with E-state index in [-0.39, 0.29) is 5.41 Å². The van der Waals surface area contributed by atoms with E-state index >= 15 is 0 Å². The number of ether oxygens (including phenoxy) is 2. The molecule has 1 N–H and O–H groups in total. The van der Waals surface area contributed by atoms with E-state index in [9.17, 15) is 0 Å². The predicted octanol–water partition coefficient (Wildman–Crippen LogP) is 4.97. The molecule has 2 heterocycles. The lowest BCUT2D eigenvalue weighted by Gasteiger charge is -2.40. The van der Waals surface area contributed by atoms with Crippen LogP contribution < -0.4 is 5.32 Å². The predicted molar refractivity (Wildman–Crippen MR) is 100 cm³/mol. The van der Waals surface area contributed by atoms with Crippen molar-refractivity contribution in [1.82, 2.24) is 5.32 Å². The van der Waals surface area contributed by atoms with Crippen LogP contribution in [0.5, 0.6) is 0 Å². The third-order valence-corrected chi connectivity index (χ3v) is 5.48. The smallest absolute Gasteiger partial charge is 0.165 e. The van der Waals surface area contributed by atoms with E-state index in [1.54, 1.807) is 12.5 Å². The zero-order valence-electron chi connectivity index (χ0n) is 14.1. The number of halogens is 1. The van der Waals surface area contributed by atoms with Gasteiger partial charge in [-0.2, -0.15) is 0 Å². The first-order valence-electron chi connectivity index (χ1n) is 8.85. The van der Waals surface area contributed by atoms with Crippen LogP contribution >= 0.6 is 11.6 Å². The quantitative estimate of drug-likeness (QED) is 0.830. The lowest BCUT2D eigenvalue weighted by atomic mass is 9.71. The Bertz CT molecular complexity index is 753. The summed E-state index contributed by atoms with van der Waals surface area (Å²) in [6.45, 7) is 1.90. The number of allylic oxidation sites excluding steroid dienone is 5. The molecule has 25 heavy (non-hydrogen) atoms. The zero-order valence-corrected chi connectivity index (χ0v) is 14.9. The number of hydrogen-bond acceptors (Lipinski definition) is 3. The maximum atomic E-state index is 6.39. The summed E-state index contributed by atoms with van der Waals surface area (Å²) in [5, 5.41) is 4.20. The fourth-order valence-corrected chi connectivity index (χ4v) is 3.91. The second-order valence-corrected chi connectivity index (χ2v) is 7.14. The Balaban J connectivity index is 1.66. The van der Waals surface area contributed by atoms with Crippen molar-refractivity contribution >= 4 is 11.6 Å². The van der Waals surface area contributed by atoms with Crippen molar-refractivity contribution in [3.05, 3.63) is 82.7 Å². The molecule has 1 aromatic carbocycles. The molecule has 2 aliphatic heterocycles. The van der Waals surface area contributed by atoms with Crippen molar-refractivity contribution in [2.45, 2.75) is 31.1 Å². The highest BCUT2D eigenvalue weighted by Crippen LogP contribution is 2.44. The number of piperidine rings is 1. The van der Waals surface area contributed by atoms with Gasteiger partial charge in [-0.15, -0.1) is 0 Å². The Morgan fingerprint density at radius 1 is 1.04 bits per heavy atom. The van der Waals surface area contributed by atoms with Gasteiger partial charge in [0.15, 0.2) is 5.76 Å². The van der Waals surface area contributed by atoms with Crippen molar-refractivity contribution in [3.63, 3.8) is 0 Å². The van der Waals surface area contributed by atoms with Crippen LogP contribution in [0, 0.1) is 0 Å². The molecule has 1 saturated heterocycles. The van der Waals surface area contributed by atoms with Crippen LogP contribution in [0.15, 0.2) is 72.1 Å². The molecule has 3 aliphatic rings. The van der Waals surface area contributed by atoms with E-state index in [1.165, 1.54) is 11.1 Å². The molecule has 4 rings (SSSR count). The Morgan fingerprint density at radius 3 is 2.56 bits per heavy atom. The van der Waals surface area contributed by atoms with Gasteiger partial charge in [0.2, 0.25) is 0 Å². The molecule has 0 atom stereocenters. The Hall–Kier alpha value is -1.97. The highest BCUT2D eigenvalue weighted by Gasteiger charge is 2.41. The molecule has 0 radical (unpaired) electrons. The van der Waals surface area contributed by atoms with E-state index in [0.29, 0.717) is 0 Å². The highest BCUT2D eigenvalue weighted by atomic mass is 35.5. The molecule has 0 saturated carbocycles. The fourth-order valence-electron chi connectivity index (χ4n) is 3.78. The van der Waals surface area contributed by atoms with Crippen LogP contribution in [0.4, 0.5) is 0 Å². The summed E-state index contributed by atoms with van der Waals surface area (Å²) >= 11 is 6.10. The third-order valence-electron chi connectivity index (χ3n) is 5.23. The standard InChI is InChI=1S/C21H22ClNO2/c22-18-8-6-17(7-9-18)21(10-12-23-13-11-21)20-15-24-14-19(25-20)16-4-2-1-3-5-16/h1-2,4,6-9,14-15,23H,3,5,10-13H2. The van der Waals surface area contributed by atoms with Crippen LogP contribution in [0.25, 0.3) is 0 Å². The van der Waals surface area contributed by atoms with E-state index in [2.05, 4.69) is 35.7 Å². The van der Waals surface area contributed by atoms with E-state index in [4.69, 9.17) is 21.1 Å². The molecule has 130 valence electrons. The first-order chi connectivity index (χ1) is 12.3. The van der Waals surface area contributed by atoms with Gasteiger partial charge in [0.1, 0.15) is 18.3 Å². The molecule has 0 amide bonds. The van der Waals surface area contributed by atoms with Gasteiger partial charge in [-0.25, -0.2) is 0 Å². The number of benzene rings is 1. The van der Waals surface area contributed by atoms with Crippen LogP contribution in [0.2, 0.25) is 5.02 Å². The molecule has 0 spiro atoms. The molecular formula is C21H22ClNO2. The average molecular weight is 356 g/mol. The van der Waals surface area contributed by atoms with Gasteiger partial charge in [-0.1, -0.05) is 42.0 Å². The molecule has 3 nitrogen and oxygen atoms in total. The van der Waals surface area contributed by atoms with Crippen LogP contribution in [-0.2, 0) is 14.9 Å². The van der Waals surface area contributed by atoms with Crippen molar-refractivity contribution in [1.29, 1.82) is 0 Å². The van der Waals surface area contributed by atoms with Crippen LogP contribution in [-0.4, -0.2) is 13.1 Å². The van der Waals surface area contributed by atoms with Gasteiger partial charge in [0.25, 0.3) is 0 Å². The molecular weight excluding hydrogens is 334 g/mol. The molecule has 0 bridgehead atoms. The topological polar surface area (TPSA) is 30.5 Å². The first-order valence-corrected chi connectivity index (χ1v) is 9.23. The largest absolute Gasteiger partial charge is 0.465 e. The molecule has 1 aromatic rings. The van der Waals surface area contributed by atoms with Crippen molar-refractivity contribution in [3.8, 4) is 0 Å². The number of hydrogen-bond donors (Lipinski definition) is 1. The summed E-state index contributed by atoms with van der Waals surface area (Å²) < 4.78 is 12.1. The average Bonchev–Trinajstić information content (AvgIpc) is 2.70. The number of nitrogens with one attached hydrogen (secondary N) is 1. The van der Waals surface area contributed by atoms with E-state index in [1.807, 2.05) is 12.1 Å². The lowest BCUT2D eigenvalue weighted by molar-refractivity contribution is 0.157. The maximum Gasteiger partial charge on any atom is 0.165 e. The normalized spacial score (nSPS) is 22.2. The summed E-state index contributed by atoms with van der Waals surface area (Å²) in [4.78, 5) is 0. The summed E-state index contributed by atoms with van der Waals surface area (Å²) in [5.41, 5.74) is 2.24. The second kappa shape index (κ2) is 7.11. The van der Waals surface area contributed by atoms with E-state index in [0.717, 1.165) is 55.3 Å². The second-order valence-electron chi connectivity index (χ2n) is 6.70. The zero-order chi connectivity index (χ0) is 17.1. The Kier molecular flexibility index (Phi) is 4.69. The van der Waals surface area contributed by atoms with Crippen molar-refractivity contribution in [2.75, 3.05) is 13.1 Å².